The molecule has 0 atom stereocenters. The van der Waals surface area contributed by atoms with Crippen molar-refractivity contribution in [2.24, 2.45) is 0 Å². The highest BCUT2D eigenvalue weighted by Gasteiger charge is 2.20. The van der Waals surface area contributed by atoms with Crippen molar-refractivity contribution >= 4 is 11.9 Å². The van der Waals surface area contributed by atoms with Gasteiger partial charge in [-0.05, 0) is 31.9 Å². The lowest BCUT2D eigenvalue weighted by Gasteiger charge is -2.25. The third kappa shape index (κ3) is 5.07. The largest absolute Gasteiger partial charge is 0.468 e. The van der Waals surface area contributed by atoms with E-state index in [9.17, 15) is 9.59 Å². The summed E-state index contributed by atoms with van der Waals surface area (Å²) >= 11 is 0. The van der Waals surface area contributed by atoms with Gasteiger partial charge in [0, 0.05) is 24.9 Å². The zero-order valence-electron chi connectivity index (χ0n) is 11.6. The van der Waals surface area contributed by atoms with Crippen LogP contribution in [0.4, 0.5) is 0 Å². The summed E-state index contributed by atoms with van der Waals surface area (Å²) in [5, 5.41) is 0. The summed E-state index contributed by atoms with van der Waals surface area (Å²) in [6.07, 6.45) is 4.42. The molecule has 0 aliphatic rings. The van der Waals surface area contributed by atoms with Gasteiger partial charge in [-0.2, -0.15) is 0 Å². The van der Waals surface area contributed by atoms with Crippen LogP contribution in [0.3, 0.4) is 0 Å². The number of rotatable bonds is 6. The van der Waals surface area contributed by atoms with E-state index in [1.807, 2.05) is 26.0 Å². The van der Waals surface area contributed by atoms with Crippen LogP contribution >= 0.6 is 0 Å². The Morgan fingerprint density at radius 2 is 2.16 bits per heavy atom. The van der Waals surface area contributed by atoms with Crippen molar-refractivity contribution < 1.29 is 14.3 Å². The molecule has 19 heavy (non-hydrogen) atoms. The second kappa shape index (κ2) is 7.51. The van der Waals surface area contributed by atoms with Gasteiger partial charge in [0.05, 0.1) is 7.11 Å². The number of esters is 1. The molecule has 0 radical (unpaired) electrons. The molecule has 0 aliphatic carbocycles. The third-order valence-electron chi connectivity index (χ3n) is 2.82. The summed E-state index contributed by atoms with van der Waals surface area (Å²) < 4.78 is 4.60. The van der Waals surface area contributed by atoms with Crippen molar-refractivity contribution in [3.63, 3.8) is 0 Å². The number of nitrogens with zero attached hydrogens (tertiary/aromatic N) is 2. The fourth-order valence-electron chi connectivity index (χ4n) is 1.70. The number of ether oxygens (including phenoxy) is 1. The summed E-state index contributed by atoms with van der Waals surface area (Å²) in [5.41, 5.74) is 1.01. The van der Waals surface area contributed by atoms with E-state index >= 15 is 0 Å². The molecule has 0 saturated heterocycles. The average molecular weight is 264 g/mol. The summed E-state index contributed by atoms with van der Waals surface area (Å²) in [4.78, 5) is 28.9. The number of aromatic nitrogens is 1. The first kappa shape index (κ1) is 15.1. The zero-order valence-corrected chi connectivity index (χ0v) is 11.6. The Hall–Kier alpha value is -1.91. The molecular formula is C14H20N2O3. The van der Waals surface area contributed by atoms with E-state index in [1.165, 1.54) is 12.0 Å². The first-order valence-corrected chi connectivity index (χ1v) is 6.29. The molecule has 0 aromatic carbocycles. The second-order valence-corrected chi connectivity index (χ2v) is 4.55. The second-order valence-electron chi connectivity index (χ2n) is 4.55. The Morgan fingerprint density at radius 3 is 2.68 bits per heavy atom. The highest BCUT2D eigenvalue weighted by Crippen LogP contribution is 2.06. The molecule has 0 bridgehead atoms. The predicted octanol–water partition coefficient (Wildman–Crippen LogP) is 1.42. The number of methoxy groups -OCH3 is 1. The minimum Gasteiger partial charge on any atom is -0.468 e. The summed E-state index contributed by atoms with van der Waals surface area (Å²) in [7, 11) is 1.32. The van der Waals surface area contributed by atoms with Crippen molar-refractivity contribution in [3.8, 4) is 0 Å². The van der Waals surface area contributed by atoms with Crippen LogP contribution in [0.5, 0.6) is 0 Å². The van der Waals surface area contributed by atoms with E-state index in [4.69, 9.17) is 0 Å². The molecule has 1 rings (SSSR count). The van der Waals surface area contributed by atoms with Crippen molar-refractivity contribution in [2.75, 3.05) is 13.7 Å². The minimum absolute atomic E-state index is 0.0000394. The molecule has 1 amide bonds. The van der Waals surface area contributed by atoms with Crippen LogP contribution in [0.15, 0.2) is 24.5 Å². The van der Waals surface area contributed by atoms with E-state index in [-0.39, 0.29) is 18.5 Å². The minimum atomic E-state index is -0.400. The fourth-order valence-corrected chi connectivity index (χ4v) is 1.70. The van der Waals surface area contributed by atoms with Gasteiger partial charge in [-0.15, -0.1) is 0 Å². The summed E-state index contributed by atoms with van der Waals surface area (Å²) in [6.45, 7) is 3.76. The Morgan fingerprint density at radius 1 is 1.42 bits per heavy atom. The highest BCUT2D eigenvalue weighted by molar-refractivity contribution is 5.82. The van der Waals surface area contributed by atoms with Crippen molar-refractivity contribution in [3.05, 3.63) is 30.1 Å². The number of pyridine rings is 1. The van der Waals surface area contributed by atoms with E-state index in [1.54, 1.807) is 12.4 Å². The van der Waals surface area contributed by atoms with Crippen LogP contribution in [0.1, 0.15) is 25.8 Å². The smallest absolute Gasteiger partial charge is 0.325 e. The molecule has 104 valence electrons. The SMILES string of the molecule is COC(=O)CN(C(=O)CCc1cccnc1)C(C)C. The molecule has 1 heterocycles. The van der Waals surface area contributed by atoms with Gasteiger partial charge in [0.1, 0.15) is 6.54 Å². The van der Waals surface area contributed by atoms with Crippen LogP contribution in [0.25, 0.3) is 0 Å². The molecule has 0 fully saturated rings. The lowest BCUT2D eigenvalue weighted by Crippen LogP contribution is -2.41. The fraction of sp³-hybridized carbons (Fsp3) is 0.500. The zero-order chi connectivity index (χ0) is 14.3. The number of carbonyl (C=O) groups is 2. The van der Waals surface area contributed by atoms with Gasteiger partial charge < -0.3 is 9.64 Å². The van der Waals surface area contributed by atoms with Gasteiger partial charge in [-0.3, -0.25) is 14.6 Å². The van der Waals surface area contributed by atoms with Gasteiger partial charge in [0.15, 0.2) is 0 Å². The molecule has 0 spiro atoms. The Labute approximate surface area is 113 Å². The molecule has 1 aromatic heterocycles. The lowest BCUT2D eigenvalue weighted by atomic mass is 10.1. The Balaban J connectivity index is 2.55. The number of hydrogen-bond acceptors (Lipinski definition) is 4. The van der Waals surface area contributed by atoms with E-state index in [0.717, 1.165) is 5.56 Å². The summed E-state index contributed by atoms with van der Waals surface area (Å²) in [5.74, 6) is -0.451. The van der Waals surface area contributed by atoms with E-state index < -0.39 is 5.97 Å². The monoisotopic (exact) mass is 264 g/mol. The van der Waals surface area contributed by atoms with Gasteiger partial charge in [-0.1, -0.05) is 6.07 Å². The van der Waals surface area contributed by atoms with Crippen LogP contribution in [0.2, 0.25) is 0 Å². The molecule has 0 N–H and O–H groups in total. The highest BCUT2D eigenvalue weighted by atomic mass is 16.5. The lowest BCUT2D eigenvalue weighted by molar-refractivity contribution is -0.148. The predicted molar refractivity (Wildman–Crippen MR) is 71.4 cm³/mol. The van der Waals surface area contributed by atoms with Crippen molar-refractivity contribution in [2.45, 2.75) is 32.7 Å². The molecule has 1 aromatic rings. The van der Waals surface area contributed by atoms with Gasteiger partial charge in [0.2, 0.25) is 5.91 Å². The maximum absolute atomic E-state index is 12.1. The molecule has 0 saturated carbocycles. The van der Waals surface area contributed by atoms with Crippen LogP contribution in [0, 0.1) is 0 Å². The van der Waals surface area contributed by atoms with E-state index in [2.05, 4.69) is 9.72 Å². The molecule has 5 nitrogen and oxygen atoms in total. The number of hydrogen-bond donors (Lipinski definition) is 0. The van der Waals surface area contributed by atoms with Gasteiger partial charge in [-0.25, -0.2) is 0 Å². The van der Waals surface area contributed by atoms with Gasteiger partial charge in [0.25, 0.3) is 0 Å². The first-order valence-electron chi connectivity index (χ1n) is 6.29. The maximum Gasteiger partial charge on any atom is 0.325 e. The maximum atomic E-state index is 12.1. The van der Waals surface area contributed by atoms with E-state index in [0.29, 0.717) is 12.8 Å². The quantitative estimate of drug-likeness (QED) is 0.729. The Bertz CT molecular complexity index is 418. The summed E-state index contributed by atoms with van der Waals surface area (Å²) in [6, 6.07) is 3.75. The normalized spacial score (nSPS) is 10.3. The van der Waals surface area contributed by atoms with Crippen LogP contribution < -0.4 is 0 Å². The van der Waals surface area contributed by atoms with Crippen molar-refractivity contribution in [1.82, 2.24) is 9.88 Å². The number of aryl methyl sites for hydroxylation is 1. The average Bonchev–Trinajstić information content (AvgIpc) is 2.42. The number of carbonyl (C=O) groups excluding carboxylic acids is 2. The van der Waals surface area contributed by atoms with Crippen molar-refractivity contribution in [1.29, 1.82) is 0 Å². The van der Waals surface area contributed by atoms with Gasteiger partial charge >= 0.3 is 5.97 Å². The molecular weight excluding hydrogens is 244 g/mol. The molecule has 0 unspecified atom stereocenters. The third-order valence-corrected chi connectivity index (χ3v) is 2.82. The Kier molecular flexibility index (Phi) is 5.99. The van der Waals surface area contributed by atoms with Crippen LogP contribution in [-0.2, 0) is 20.7 Å². The molecule has 0 aliphatic heterocycles. The first-order chi connectivity index (χ1) is 9.04. The molecule has 5 heteroatoms. The topological polar surface area (TPSA) is 59.5 Å². The standard InChI is InChI=1S/C14H20N2O3/c1-11(2)16(10-14(18)19-3)13(17)7-6-12-5-4-8-15-9-12/h4-5,8-9,11H,6-7,10H2,1-3H3. The van der Waals surface area contributed by atoms with Crippen LogP contribution in [-0.4, -0.2) is 41.5 Å². The number of amides is 1.